The van der Waals surface area contributed by atoms with Crippen LogP contribution in [0.4, 0.5) is 5.69 Å². The number of anilines is 1. The molecule has 0 bridgehead atoms. The molecular weight excluding hydrogens is 292 g/mol. The third-order valence-corrected chi connectivity index (χ3v) is 2.83. The van der Waals surface area contributed by atoms with Gasteiger partial charge >= 0.3 is 0 Å². The Hall–Kier alpha value is -2.54. The first kappa shape index (κ1) is 14.9. The molecule has 0 saturated heterocycles. The van der Waals surface area contributed by atoms with Crippen molar-refractivity contribution in [3.05, 3.63) is 42.4 Å². The van der Waals surface area contributed by atoms with Gasteiger partial charge in [0.1, 0.15) is 11.5 Å². The van der Waals surface area contributed by atoms with Gasteiger partial charge in [0, 0.05) is 6.07 Å². The Morgan fingerprint density at radius 3 is 2.67 bits per heavy atom. The number of carbonyl (C=O) groups is 1. The Kier molecular flexibility index (Phi) is 4.78. The van der Waals surface area contributed by atoms with E-state index in [-0.39, 0.29) is 10.9 Å². The third kappa shape index (κ3) is 3.73. The van der Waals surface area contributed by atoms with Gasteiger partial charge in [-0.2, -0.15) is 0 Å². The van der Waals surface area contributed by atoms with Crippen LogP contribution < -0.4 is 20.1 Å². The first-order chi connectivity index (χ1) is 10.1. The van der Waals surface area contributed by atoms with E-state index in [0.717, 1.165) is 0 Å². The van der Waals surface area contributed by atoms with E-state index < -0.39 is 5.91 Å². The highest BCUT2D eigenvalue weighted by Gasteiger charge is 2.12. The Bertz CT molecular complexity index is 640. The van der Waals surface area contributed by atoms with Crippen molar-refractivity contribution in [3.63, 3.8) is 0 Å². The van der Waals surface area contributed by atoms with Crippen molar-refractivity contribution in [3.8, 4) is 11.5 Å². The van der Waals surface area contributed by atoms with Crippen molar-refractivity contribution >= 4 is 28.9 Å². The molecule has 0 unspecified atom stereocenters. The number of rotatable bonds is 4. The molecule has 0 aliphatic carbocycles. The average Bonchev–Trinajstić information content (AvgIpc) is 3.01. The minimum Gasteiger partial charge on any atom is -0.497 e. The van der Waals surface area contributed by atoms with Crippen LogP contribution in [0.5, 0.6) is 11.5 Å². The summed E-state index contributed by atoms with van der Waals surface area (Å²) in [4.78, 5) is 11.8. The van der Waals surface area contributed by atoms with E-state index >= 15 is 0 Å². The maximum Gasteiger partial charge on any atom is 0.293 e. The molecule has 110 valence electrons. The van der Waals surface area contributed by atoms with E-state index in [1.54, 1.807) is 37.4 Å². The van der Waals surface area contributed by atoms with Gasteiger partial charge in [-0.15, -0.1) is 0 Å². The summed E-state index contributed by atoms with van der Waals surface area (Å²) in [6, 6.07) is 8.37. The number of furan rings is 1. The molecule has 6 nitrogen and oxygen atoms in total. The van der Waals surface area contributed by atoms with Crippen LogP contribution in [0.15, 0.2) is 41.0 Å². The Labute approximate surface area is 127 Å². The largest absolute Gasteiger partial charge is 0.497 e. The summed E-state index contributed by atoms with van der Waals surface area (Å²) in [5, 5.41) is 5.53. The number of benzene rings is 1. The van der Waals surface area contributed by atoms with Crippen LogP contribution in [-0.4, -0.2) is 25.2 Å². The van der Waals surface area contributed by atoms with Gasteiger partial charge < -0.3 is 19.2 Å². The lowest BCUT2D eigenvalue weighted by Gasteiger charge is -2.13. The lowest BCUT2D eigenvalue weighted by atomic mass is 10.2. The average molecular weight is 306 g/mol. The predicted octanol–water partition coefficient (Wildman–Crippen LogP) is 2.42. The number of thiocarbonyl (C=S) groups is 1. The number of nitrogens with one attached hydrogen (secondary N) is 2. The number of ether oxygens (including phenoxy) is 2. The second kappa shape index (κ2) is 6.76. The van der Waals surface area contributed by atoms with E-state index in [1.165, 1.54) is 13.4 Å². The molecule has 0 aliphatic heterocycles. The third-order valence-electron chi connectivity index (χ3n) is 2.63. The van der Waals surface area contributed by atoms with Crippen molar-refractivity contribution in [2.45, 2.75) is 0 Å². The first-order valence-electron chi connectivity index (χ1n) is 6.02. The quantitative estimate of drug-likeness (QED) is 0.845. The molecule has 1 amide bonds. The van der Waals surface area contributed by atoms with E-state index in [4.69, 9.17) is 26.1 Å². The second-order valence-electron chi connectivity index (χ2n) is 3.95. The SMILES string of the molecule is COc1ccc(NC(=S)NC(=O)c2ccco2)c(OC)c1. The zero-order valence-corrected chi connectivity index (χ0v) is 12.3. The van der Waals surface area contributed by atoms with E-state index in [0.29, 0.717) is 17.2 Å². The van der Waals surface area contributed by atoms with Crippen LogP contribution >= 0.6 is 12.2 Å². The van der Waals surface area contributed by atoms with E-state index in [1.807, 2.05) is 0 Å². The zero-order valence-electron chi connectivity index (χ0n) is 11.5. The number of methoxy groups -OCH3 is 2. The molecule has 1 aromatic carbocycles. The molecule has 0 radical (unpaired) electrons. The lowest BCUT2D eigenvalue weighted by Crippen LogP contribution is -2.33. The normalized spacial score (nSPS) is 9.81. The molecular formula is C14H14N2O4S. The lowest BCUT2D eigenvalue weighted by molar-refractivity contribution is 0.0950. The van der Waals surface area contributed by atoms with Gasteiger partial charge in [-0.25, -0.2) is 0 Å². The number of hydrogen-bond acceptors (Lipinski definition) is 5. The summed E-state index contributed by atoms with van der Waals surface area (Å²) >= 11 is 5.08. The maximum absolute atomic E-state index is 11.8. The molecule has 21 heavy (non-hydrogen) atoms. The van der Waals surface area contributed by atoms with Crippen LogP contribution in [0.1, 0.15) is 10.6 Å². The Balaban J connectivity index is 2.04. The van der Waals surface area contributed by atoms with E-state index in [2.05, 4.69) is 10.6 Å². The van der Waals surface area contributed by atoms with Crippen LogP contribution in [0.25, 0.3) is 0 Å². The van der Waals surface area contributed by atoms with Crippen LogP contribution in [-0.2, 0) is 0 Å². The number of hydrogen-bond donors (Lipinski definition) is 2. The molecule has 2 N–H and O–H groups in total. The monoisotopic (exact) mass is 306 g/mol. The smallest absolute Gasteiger partial charge is 0.293 e. The van der Waals surface area contributed by atoms with Gasteiger partial charge in [-0.3, -0.25) is 10.1 Å². The minimum absolute atomic E-state index is 0.139. The number of amides is 1. The molecule has 1 aromatic heterocycles. The first-order valence-corrected chi connectivity index (χ1v) is 6.42. The summed E-state index contributed by atoms with van der Waals surface area (Å²) < 4.78 is 15.3. The highest BCUT2D eigenvalue weighted by Crippen LogP contribution is 2.28. The predicted molar refractivity (Wildman–Crippen MR) is 81.9 cm³/mol. The van der Waals surface area contributed by atoms with Crippen LogP contribution in [0.2, 0.25) is 0 Å². The molecule has 0 spiro atoms. The topological polar surface area (TPSA) is 72.7 Å². The molecule has 2 rings (SSSR count). The van der Waals surface area contributed by atoms with Crippen molar-refractivity contribution in [1.82, 2.24) is 5.32 Å². The van der Waals surface area contributed by atoms with Gasteiger partial charge in [0.2, 0.25) is 0 Å². The molecule has 0 aliphatic rings. The van der Waals surface area contributed by atoms with Gasteiger partial charge in [-0.1, -0.05) is 0 Å². The van der Waals surface area contributed by atoms with Gasteiger partial charge in [0.25, 0.3) is 5.91 Å². The second-order valence-corrected chi connectivity index (χ2v) is 4.36. The van der Waals surface area contributed by atoms with Crippen molar-refractivity contribution in [1.29, 1.82) is 0 Å². The molecule has 2 aromatic rings. The summed E-state index contributed by atoms with van der Waals surface area (Å²) in [6.07, 6.45) is 1.41. The fraction of sp³-hybridized carbons (Fsp3) is 0.143. The standard InChI is InChI=1S/C14H14N2O4S/c1-18-9-5-6-10(12(8-9)19-2)15-14(21)16-13(17)11-4-3-7-20-11/h3-8H,1-2H3,(H2,15,16,17,21). The highest BCUT2D eigenvalue weighted by atomic mass is 32.1. The van der Waals surface area contributed by atoms with E-state index in [9.17, 15) is 4.79 Å². The Morgan fingerprint density at radius 1 is 1.24 bits per heavy atom. The van der Waals surface area contributed by atoms with Gasteiger partial charge in [-0.05, 0) is 36.5 Å². The van der Waals surface area contributed by atoms with Crippen molar-refractivity contribution < 1.29 is 18.7 Å². The summed E-state index contributed by atoms with van der Waals surface area (Å²) in [5.41, 5.74) is 0.614. The molecule has 0 saturated carbocycles. The minimum atomic E-state index is -0.426. The maximum atomic E-state index is 11.8. The van der Waals surface area contributed by atoms with Gasteiger partial charge in [0.15, 0.2) is 10.9 Å². The fourth-order valence-corrected chi connectivity index (χ4v) is 1.83. The molecule has 0 fully saturated rings. The zero-order chi connectivity index (χ0) is 15.2. The van der Waals surface area contributed by atoms with Crippen LogP contribution in [0.3, 0.4) is 0 Å². The Morgan fingerprint density at radius 2 is 2.05 bits per heavy atom. The summed E-state index contributed by atoms with van der Waals surface area (Å²) in [6.45, 7) is 0. The van der Waals surface area contributed by atoms with Crippen LogP contribution in [0, 0.1) is 0 Å². The number of carbonyl (C=O) groups excluding carboxylic acids is 1. The summed E-state index contributed by atoms with van der Waals surface area (Å²) in [7, 11) is 3.10. The fourth-order valence-electron chi connectivity index (χ4n) is 1.63. The summed E-state index contributed by atoms with van der Waals surface area (Å²) in [5.74, 6) is 0.956. The molecule has 1 heterocycles. The van der Waals surface area contributed by atoms with Gasteiger partial charge in [0.05, 0.1) is 26.2 Å². The van der Waals surface area contributed by atoms with Crippen molar-refractivity contribution in [2.24, 2.45) is 0 Å². The molecule has 7 heteroatoms. The highest BCUT2D eigenvalue weighted by molar-refractivity contribution is 7.80. The molecule has 0 atom stereocenters. The van der Waals surface area contributed by atoms with Crippen molar-refractivity contribution in [2.75, 3.05) is 19.5 Å².